The zero-order valence-corrected chi connectivity index (χ0v) is 33.9. The van der Waals surface area contributed by atoms with Gasteiger partial charge in [0, 0.05) is 32.3 Å². The fraction of sp³-hybridized carbons (Fsp3) is 0.120. The Balaban J connectivity index is 1.28. The van der Waals surface area contributed by atoms with E-state index in [1.54, 1.807) is 0 Å². The summed E-state index contributed by atoms with van der Waals surface area (Å²) < 4.78 is 44.4. The lowest BCUT2D eigenvalue weighted by Crippen LogP contribution is -2.21. The van der Waals surface area contributed by atoms with Crippen molar-refractivity contribution in [2.45, 2.75) is 27.7 Å². The predicted molar refractivity (Wildman–Crippen MR) is 236 cm³/mol. The predicted octanol–water partition coefficient (Wildman–Crippen LogP) is 11.6. The lowest BCUT2D eigenvalue weighted by molar-refractivity contribution is 0.377. The van der Waals surface area contributed by atoms with Crippen LogP contribution in [0.2, 0.25) is 0 Å². The van der Waals surface area contributed by atoms with E-state index in [9.17, 15) is 0 Å². The zero-order chi connectivity index (χ0) is 38.9. The number of rotatable bonds is 11. The van der Waals surface area contributed by atoms with Gasteiger partial charge in [-0.3, -0.25) is 0 Å². The minimum atomic E-state index is -3.26. The van der Waals surface area contributed by atoms with Gasteiger partial charge >= 0.3 is 0 Å². The second kappa shape index (κ2) is 15.5. The molecule has 8 rings (SSSR count). The first-order valence-corrected chi connectivity index (χ1v) is 22.7. The molecular formula is C50H44O4P2. The van der Waals surface area contributed by atoms with Gasteiger partial charge in [-0.25, -0.2) is 0 Å². The Bertz CT molecular complexity index is 2480. The molecule has 0 heterocycles. The van der Waals surface area contributed by atoms with Gasteiger partial charge in [0.15, 0.2) is 14.3 Å². The van der Waals surface area contributed by atoms with Gasteiger partial charge in [-0.2, -0.15) is 0 Å². The van der Waals surface area contributed by atoms with Crippen molar-refractivity contribution in [1.29, 1.82) is 0 Å². The summed E-state index contributed by atoms with van der Waals surface area (Å²) in [7, 11) is -6.52. The Morgan fingerprint density at radius 2 is 0.643 bits per heavy atom. The van der Waals surface area contributed by atoms with Crippen LogP contribution in [0.5, 0.6) is 11.5 Å². The molecule has 0 spiro atoms. The molecule has 0 unspecified atom stereocenters. The summed E-state index contributed by atoms with van der Waals surface area (Å²) in [5.41, 5.74) is 6.04. The topological polar surface area (TPSA) is 52.6 Å². The molecule has 0 aliphatic heterocycles. The van der Waals surface area contributed by atoms with Crippen molar-refractivity contribution in [1.82, 2.24) is 0 Å². The average Bonchev–Trinajstić information content (AvgIpc) is 3.22. The molecule has 6 heteroatoms. The maximum absolute atomic E-state index is 15.3. The third-order valence-corrected chi connectivity index (χ3v) is 16.2. The molecule has 0 N–H and O–H groups in total. The number of aryl methyl sites for hydroxylation is 4. The van der Waals surface area contributed by atoms with Crippen LogP contribution in [0.4, 0.5) is 0 Å². The maximum atomic E-state index is 15.3. The molecule has 56 heavy (non-hydrogen) atoms. The second-order valence-electron chi connectivity index (χ2n) is 14.7. The molecule has 0 radical (unpaired) electrons. The molecule has 8 aromatic rings. The van der Waals surface area contributed by atoms with Crippen molar-refractivity contribution in [2.75, 3.05) is 12.7 Å². The molecule has 0 saturated heterocycles. The monoisotopic (exact) mass is 770 g/mol. The molecule has 0 aliphatic carbocycles. The van der Waals surface area contributed by atoms with Gasteiger partial charge in [0.25, 0.3) is 0 Å². The highest BCUT2D eigenvalue weighted by Gasteiger charge is 2.32. The first-order valence-electron chi connectivity index (χ1n) is 18.9. The van der Waals surface area contributed by atoms with E-state index in [1.807, 2.05) is 173 Å². The van der Waals surface area contributed by atoms with Gasteiger partial charge in [0.05, 0.1) is 0 Å². The standard InChI is InChI=1S/C50H44O4P2/c1-35-13-23-41(24-14-35)55(51,42-25-15-36(2)16-26-42)33-53-47-31-21-39-9-5-7-11-45(39)49(47)50-46-12-8-6-10-40(46)22-32-48(50)54-34-56(52,43-27-17-37(3)18-28-43)44-29-19-38(4)20-30-44/h5-32H,33-34H2,1-4H3. The highest BCUT2D eigenvalue weighted by molar-refractivity contribution is 7.79. The molecule has 8 aromatic carbocycles. The van der Waals surface area contributed by atoms with E-state index in [-0.39, 0.29) is 12.7 Å². The average molecular weight is 771 g/mol. The molecule has 0 atom stereocenters. The van der Waals surface area contributed by atoms with Crippen molar-refractivity contribution in [3.8, 4) is 22.6 Å². The first kappa shape index (κ1) is 37.3. The number of hydrogen-bond donors (Lipinski definition) is 0. The lowest BCUT2D eigenvalue weighted by Gasteiger charge is -2.24. The van der Waals surface area contributed by atoms with Gasteiger partial charge in [-0.15, -0.1) is 0 Å². The number of fused-ring (bicyclic) bond motifs is 2. The summed E-state index contributed by atoms with van der Waals surface area (Å²) in [5.74, 6) is 1.18. The quantitative estimate of drug-likeness (QED) is 0.123. The molecule has 278 valence electrons. The second-order valence-corrected chi connectivity index (χ2v) is 20.2. The molecule has 0 saturated carbocycles. The van der Waals surface area contributed by atoms with Crippen LogP contribution in [0.25, 0.3) is 32.7 Å². The van der Waals surface area contributed by atoms with Gasteiger partial charge in [-0.1, -0.05) is 180 Å². The van der Waals surface area contributed by atoms with E-state index in [1.165, 1.54) is 0 Å². The molecule has 0 aliphatic rings. The third-order valence-electron chi connectivity index (χ3n) is 10.6. The minimum absolute atomic E-state index is 0.0402. The van der Waals surface area contributed by atoms with Crippen molar-refractivity contribution in [2.24, 2.45) is 0 Å². The van der Waals surface area contributed by atoms with E-state index < -0.39 is 14.3 Å². The SMILES string of the molecule is Cc1ccc(P(=O)(COc2ccc3ccccc3c2-c2c(OCP(=O)(c3ccc(C)cc3)c3ccc(C)cc3)ccc3ccccc23)c2ccc(C)cc2)cc1. The van der Waals surface area contributed by atoms with Crippen LogP contribution in [0.3, 0.4) is 0 Å². The Labute approximate surface area is 329 Å². The van der Waals surface area contributed by atoms with Gasteiger partial charge in [0.2, 0.25) is 0 Å². The van der Waals surface area contributed by atoms with E-state index in [4.69, 9.17) is 9.47 Å². The largest absolute Gasteiger partial charge is 0.485 e. The van der Waals surface area contributed by atoms with Crippen LogP contribution in [-0.2, 0) is 9.13 Å². The molecule has 0 aromatic heterocycles. The Morgan fingerprint density at radius 3 is 0.946 bits per heavy atom. The summed E-state index contributed by atoms with van der Waals surface area (Å²) in [6.45, 7) is 8.12. The fourth-order valence-electron chi connectivity index (χ4n) is 7.32. The summed E-state index contributed by atoms with van der Waals surface area (Å²) in [4.78, 5) is 0. The Hall–Kier alpha value is -5.66. The Morgan fingerprint density at radius 1 is 0.357 bits per heavy atom. The summed E-state index contributed by atoms with van der Waals surface area (Å²) in [5, 5.41) is 6.95. The van der Waals surface area contributed by atoms with E-state index >= 15 is 9.13 Å². The van der Waals surface area contributed by atoms with Gasteiger partial charge < -0.3 is 18.6 Å². The molecule has 0 bridgehead atoms. The molecule has 0 amide bonds. The van der Waals surface area contributed by atoms with Crippen LogP contribution in [-0.4, -0.2) is 12.7 Å². The van der Waals surface area contributed by atoms with Gasteiger partial charge in [-0.05, 0) is 61.4 Å². The van der Waals surface area contributed by atoms with Crippen LogP contribution < -0.4 is 30.7 Å². The minimum Gasteiger partial charge on any atom is -0.485 e. The van der Waals surface area contributed by atoms with E-state index in [2.05, 4.69) is 24.3 Å². The third kappa shape index (κ3) is 7.24. The van der Waals surface area contributed by atoms with Crippen LogP contribution in [0, 0.1) is 27.7 Å². The number of benzene rings is 8. The smallest absolute Gasteiger partial charge is 0.178 e. The molecule has 4 nitrogen and oxygen atoms in total. The van der Waals surface area contributed by atoms with Crippen molar-refractivity contribution in [3.63, 3.8) is 0 Å². The van der Waals surface area contributed by atoms with Gasteiger partial charge in [0.1, 0.15) is 24.2 Å². The maximum Gasteiger partial charge on any atom is 0.178 e. The fourth-order valence-corrected chi connectivity index (χ4v) is 11.7. The van der Waals surface area contributed by atoms with Crippen molar-refractivity contribution >= 4 is 57.0 Å². The molecule has 0 fully saturated rings. The van der Waals surface area contributed by atoms with E-state index in [0.29, 0.717) is 11.5 Å². The van der Waals surface area contributed by atoms with Crippen LogP contribution >= 0.6 is 14.3 Å². The number of ether oxygens (including phenoxy) is 2. The summed E-state index contributed by atoms with van der Waals surface area (Å²) in [6.07, 6.45) is -0.0804. The highest BCUT2D eigenvalue weighted by atomic mass is 31.2. The van der Waals surface area contributed by atoms with Crippen molar-refractivity contribution < 1.29 is 18.6 Å². The van der Waals surface area contributed by atoms with Crippen LogP contribution in [0.1, 0.15) is 22.3 Å². The van der Waals surface area contributed by atoms with Crippen molar-refractivity contribution in [3.05, 3.63) is 192 Å². The first-order chi connectivity index (χ1) is 27.1. The summed E-state index contributed by atoms with van der Waals surface area (Å²) in [6, 6.07) is 56.2. The zero-order valence-electron chi connectivity index (χ0n) is 32.1. The molecular weight excluding hydrogens is 726 g/mol. The normalized spacial score (nSPS) is 11.9. The van der Waals surface area contributed by atoms with Crippen LogP contribution in [0.15, 0.2) is 170 Å². The lowest BCUT2D eigenvalue weighted by atomic mass is 9.92. The van der Waals surface area contributed by atoms with E-state index in [0.717, 1.165) is 76.1 Å². The Kier molecular flexibility index (Phi) is 10.3. The summed E-state index contributed by atoms with van der Waals surface area (Å²) >= 11 is 0. The number of hydrogen-bond acceptors (Lipinski definition) is 4. The highest BCUT2D eigenvalue weighted by Crippen LogP contribution is 2.50.